The molecule has 0 saturated carbocycles. The molecule has 0 atom stereocenters. The highest BCUT2D eigenvalue weighted by Crippen LogP contribution is 2.28. The van der Waals surface area contributed by atoms with Gasteiger partial charge in [-0.15, -0.1) is 0 Å². The number of nitrogens with zero attached hydrogens (tertiary/aromatic N) is 1. The molecule has 3 rings (SSSR count). The summed E-state index contributed by atoms with van der Waals surface area (Å²) in [5.74, 6) is 0. The average molecular weight is 244 g/mol. The molecule has 17 heavy (non-hydrogen) atoms. The van der Waals surface area contributed by atoms with Gasteiger partial charge in [-0.05, 0) is 30.3 Å². The predicted molar refractivity (Wildman–Crippen MR) is 71.0 cm³/mol. The maximum absolute atomic E-state index is 6.12. The van der Waals surface area contributed by atoms with E-state index in [4.69, 9.17) is 17.3 Å². The maximum atomic E-state index is 6.12. The van der Waals surface area contributed by atoms with Crippen molar-refractivity contribution in [3.63, 3.8) is 0 Å². The smallest absolute Gasteiger partial charge is 0.0866 e. The Morgan fingerprint density at radius 2 is 2.06 bits per heavy atom. The van der Waals surface area contributed by atoms with Crippen LogP contribution in [0.2, 0.25) is 5.02 Å². The number of benzene rings is 1. The molecule has 0 fully saturated rings. The summed E-state index contributed by atoms with van der Waals surface area (Å²) < 4.78 is 0. The van der Waals surface area contributed by atoms with Crippen LogP contribution in [0.15, 0.2) is 42.6 Å². The fourth-order valence-electron chi connectivity index (χ4n) is 1.82. The van der Waals surface area contributed by atoms with Crippen LogP contribution in [0, 0.1) is 0 Å². The van der Waals surface area contributed by atoms with E-state index in [2.05, 4.69) is 9.97 Å². The number of halogens is 1. The topological polar surface area (TPSA) is 54.7 Å². The zero-order valence-corrected chi connectivity index (χ0v) is 9.70. The van der Waals surface area contributed by atoms with Crippen molar-refractivity contribution in [1.29, 1.82) is 0 Å². The van der Waals surface area contributed by atoms with Crippen LogP contribution in [-0.2, 0) is 0 Å². The van der Waals surface area contributed by atoms with Crippen molar-refractivity contribution >= 4 is 28.2 Å². The molecule has 0 aliphatic rings. The lowest BCUT2D eigenvalue weighted by atomic mass is 10.2. The molecule has 1 aromatic carbocycles. The first kappa shape index (κ1) is 10.2. The van der Waals surface area contributed by atoms with E-state index in [-0.39, 0.29) is 0 Å². The van der Waals surface area contributed by atoms with E-state index >= 15 is 0 Å². The molecule has 2 aromatic heterocycles. The standard InChI is InChI=1S/C13H10ClN3/c14-10-2-1-3-11-9(10)6-13(17-11)12-5-4-8(15)7-16-12/h1-7,17H,15H2. The number of pyridine rings is 1. The molecule has 0 radical (unpaired) electrons. The first-order chi connectivity index (χ1) is 8.24. The van der Waals surface area contributed by atoms with Gasteiger partial charge in [-0.2, -0.15) is 0 Å². The lowest BCUT2D eigenvalue weighted by Crippen LogP contribution is -1.87. The van der Waals surface area contributed by atoms with Crippen LogP contribution in [0.1, 0.15) is 0 Å². The Kier molecular flexibility index (Phi) is 2.27. The van der Waals surface area contributed by atoms with Crippen molar-refractivity contribution in [2.24, 2.45) is 0 Å². The second-order valence-electron chi connectivity index (χ2n) is 3.86. The van der Waals surface area contributed by atoms with Crippen molar-refractivity contribution in [2.45, 2.75) is 0 Å². The van der Waals surface area contributed by atoms with Crippen molar-refractivity contribution in [1.82, 2.24) is 9.97 Å². The molecule has 3 aromatic rings. The van der Waals surface area contributed by atoms with E-state index in [1.165, 1.54) is 0 Å². The molecular weight excluding hydrogens is 234 g/mol. The number of anilines is 1. The van der Waals surface area contributed by atoms with Crippen LogP contribution in [0.5, 0.6) is 0 Å². The van der Waals surface area contributed by atoms with Crippen LogP contribution in [0.3, 0.4) is 0 Å². The largest absolute Gasteiger partial charge is 0.397 e. The molecule has 0 aliphatic carbocycles. The molecule has 0 saturated heterocycles. The fourth-order valence-corrected chi connectivity index (χ4v) is 2.05. The lowest BCUT2D eigenvalue weighted by Gasteiger charge is -1.96. The van der Waals surface area contributed by atoms with Crippen LogP contribution in [-0.4, -0.2) is 9.97 Å². The number of hydrogen-bond acceptors (Lipinski definition) is 2. The Hall–Kier alpha value is -2.00. The Labute approximate surface area is 103 Å². The molecule has 0 aliphatic heterocycles. The molecule has 0 amide bonds. The normalized spacial score (nSPS) is 10.9. The Morgan fingerprint density at radius 1 is 1.18 bits per heavy atom. The summed E-state index contributed by atoms with van der Waals surface area (Å²) in [4.78, 5) is 7.56. The number of fused-ring (bicyclic) bond motifs is 1. The average Bonchev–Trinajstić information content (AvgIpc) is 2.75. The van der Waals surface area contributed by atoms with Gasteiger partial charge in [0, 0.05) is 15.9 Å². The van der Waals surface area contributed by atoms with Crippen LogP contribution in [0.4, 0.5) is 5.69 Å². The van der Waals surface area contributed by atoms with E-state index < -0.39 is 0 Å². The third-order valence-corrected chi connectivity index (χ3v) is 3.00. The van der Waals surface area contributed by atoms with E-state index in [9.17, 15) is 0 Å². The van der Waals surface area contributed by atoms with Gasteiger partial charge in [0.1, 0.15) is 0 Å². The second-order valence-corrected chi connectivity index (χ2v) is 4.27. The van der Waals surface area contributed by atoms with E-state index in [1.807, 2.05) is 36.4 Å². The Balaban J connectivity index is 2.18. The van der Waals surface area contributed by atoms with E-state index in [0.717, 1.165) is 27.3 Å². The van der Waals surface area contributed by atoms with Gasteiger partial charge < -0.3 is 10.7 Å². The van der Waals surface area contributed by atoms with Gasteiger partial charge in [-0.1, -0.05) is 17.7 Å². The van der Waals surface area contributed by atoms with Crippen LogP contribution in [0.25, 0.3) is 22.3 Å². The van der Waals surface area contributed by atoms with Gasteiger partial charge >= 0.3 is 0 Å². The molecule has 0 unspecified atom stereocenters. The summed E-state index contributed by atoms with van der Waals surface area (Å²) in [5.41, 5.74) is 9.06. The third-order valence-electron chi connectivity index (χ3n) is 2.67. The third kappa shape index (κ3) is 1.74. The number of nitrogens with two attached hydrogens (primary N) is 1. The van der Waals surface area contributed by atoms with Crippen molar-refractivity contribution in [3.8, 4) is 11.4 Å². The summed E-state index contributed by atoms with van der Waals surface area (Å²) in [5, 5.41) is 1.74. The van der Waals surface area contributed by atoms with Crippen LogP contribution < -0.4 is 5.73 Å². The zero-order valence-electron chi connectivity index (χ0n) is 8.94. The van der Waals surface area contributed by atoms with Crippen LogP contribution >= 0.6 is 11.6 Å². The number of hydrogen-bond donors (Lipinski definition) is 2. The van der Waals surface area contributed by atoms with Gasteiger partial charge in [0.25, 0.3) is 0 Å². The SMILES string of the molecule is Nc1ccc(-c2cc3c(Cl)cccc3[nH]2)nc1. The minimum Gasteiger partial charge on any atom is -0.397 e. The van der Waals surface area contributed by atoms with Gasteiger partial charge in [-0.3, -0.25) is 4.98 Å². The zero-order chi connectivity index (χ0) is 11.8. The predicted octanol–water partition coefficient (Wildman–Crippen LogP) is 3.47. The van der Waals surface area contributed by atoms with Gasteiger partial charge in [0.2, 0.25) is 0 Å². The Bertz CT molecular complexity index is 671. The highest BCUT2D eigenvalue weighted by atomic mass is 35.5. The van der Waals surface area contributed by atoms with E-state index in [1.54, 1.807) is 6.20 Å². The molecule has 4 heteroatoms. The Morgan fingerprint density at radius 3 is 2.76 bits per heavy atom. The first-order valence-corrected chi connectivity index (χ1v) is 5.61. The number of rotatable bonds is 1. The lowest BCUT2D eigenvalue weighted by molar-refractivity contribution is 1.29. The number of aromatic amines is 1. The molecule has 3 nitrogen and oxygen atoms in total. The summed E-state index contributed by atoms with van der Waals surface area (Å²) in [7, 11) is 0. The molecule has 2 heterocycles. The number of H-pyrrole nitrogens is 1. The van der Waals surface area contributed by atoms with Crippen molar-refractivity contribution in [2.75, 3.05) is 5.73 Å². The number of nitrogens with one attached hydrogen (secondary N) is 1. The van der Waals surface area contributed by atoms with Gasteiger partial charge in [0.15, 0.2) is 0 Å². The molecule has 0 spiro atoms. The monoisotopic (exact) mass is 243 g/mol. The fraction of sp³-hybridized carbons (Fsp3) is 0. The number of aromatic nitrogens is 2. The highest BCUT2D eigenvalue weighted by molar-refractivity contribution is 6.35. The quantitative estimate of drug-likeness (QED) is 0.688. The van der Waals surface area contributed by atoms with Crippen molar-refractivity contribution in [3.05, 3.63) is 47.6 Å². The van der Waals surface area contributed by atoms with Gasteiger partial charge in [0.05, 0.1) is 23.3 Å². The van der Waals surface area contributed by atoms with Crippen molar-refractivity contribution < 1.29 is 0 Å². The summed E-state index contributed by atoms with van der Waals surface area (Å²) >= 11 is 6.12. The first-order valence-electron chi connectivity index (χ1n) is 5.23. The van der Waals surface area contributed by atoms with E-state index in [0.29, 0.717) is 5.69 Å². The summed E-state index contributed by atoms with van der Waals surface area (Å²) in [6, 6.07) is 11.5. The molecule has 84 valence electrons. The minimum absolute atomic E-state index is 0.655. The second kappa shape index (κ2) is 3.79. The molecular formula is C13H10ClN3. The summed E-state index contributed by atoms with van der Waals surface area (Å²) in [6.07, 6.45) is 1.64. The summed E-state index contributed by atoms with van der Waals surface area (Å²) in [6.45, 7) is 0. The highest BCUT2D eigenvalue weighted by Gasteiger charge is 2.06. The number of nitrogen functional groups attached to an aromatic ring is 1. The molecule has 0 bridgehead atoms. The maximum Gasteiger partial charge on any atom is 0.0866 e. The van der Waals surface area contributed by atoms with Gasteiger partial charge in [-0.25, -0.2) is 0 Å². The molecule has 3 N–H and O–H groups in total. The minimum atomic E-state index is 0.655.